The summed E-state index contributed by atoms with van der Waals surface area (Å²) < 4.78 is 13.7. The van der Waals surface area contributed by atoms with Crippen LogP contribution in [0.4, 0.5) is 10.1 Å². The minimum absolute atomic E-state index is 0.216. The predicted octanol–water partition coefficient (Wildman–Crippen LogP) is 8.13. The molecule has 0 aromatic heterocycles. The molecular formula is C33H37FN2O. The zero-order valence-corrected chi connectivity index (χ0v) is 21.8. The highest BCUT2D eigenvalue weighted by Gasteiger charge is 2.55. The summed E-state index contributed by atoms with van der Waals surface area (Å²) >= 11 is 0. The lowest BCUT2D eigenvalue weighted by molar-refractivity contribution is -0.143. The molecule has 0 radical (unpaired) electrons. The van der Waals surface area contributed by atoms with Crippen molar-refractivity contribution in [3.05, 3.63) is 78.1 Å². The largest absolute Gasteiger partial charge is 0.312 e. The van der Waals surface area contributed by atoms with Gasteiger partial charge in [-0.3, -0.25) is 4.79 Å². The average Bonchev–Trinajstić information content (AvgIpc) is 2.88. The Morgan fingerprint density at radius 2 is 1.57 bits per heavy atom. The maximum atomic E-state index is 14.2. The Morgan fingerprint density at radius 1 is 0.946 bits per heavy atom. The first-order valence-corrected chi connectivity index (χ1v) is 14.0. The van der Waals surface area contributed by atoms with E-state index in [0.29, 0.717) is 42.9 Å². The van der Waals surface area contributed by atoms with E-state index in [-0.39, 0.29) is 23.1 Å². The van der Waals surface area contributed by atoms with E-state index in [4.69, 9.17) is 5.41 Å². The van der Waals surface area contributed by atoms with E-state index >= 15 is 0 Å². The standard InChI is InChI=1S/C33H37FN2O/c1-22(27-7-6-26-4-2-3-5-28(26)18-27)14-30(35)12-13-36(31-10-8-29(34)9-11-31)32(37)33-19-23-15-24(20-33)17-25(16-23)21-33/h2-11,18,22-25,35H,12-17,19-21H2,1H3. The Labute approximate surface area is 219 Å². The molecular weight excluding hydrogens is 459 g/mol. The van der Waals surface area contributed by atoms with Crippen LogP contribution in [0.25, 0.3) is 10.8 Å². The van der Waals surface area contributed by atoms with Crippen LogP contribution in [0.3, 0.4) is 0 Å². The molecule has 1 N–H and O–H groups in total. The van der Waals surface area contributed by atoms with Crippen molar-refractivity contribution in [3.63, 3.8) is 0 Å². The van der Waals surface area contributed by atoms with E-state index in [1.807, 2.05) is 4.90 Å². The first-order valence-electron chi connectivity index (χ1n) is 14.0. The van der Waals surface area contributed by atoms with Crippen LogP contribution in [0.1, 0.15) is 69.8 Å². The molecule has 4 bridgehead atoms. The monoisotopic (exact) mass is 496 g/mol. The molecule has 3 aromatic carbocycles. The van der Waals surface area contributed by atoms with Gasteiger partial charge in [0.05, 0.1) is 5.41 Å². The van der Waals surface area contributed by atoms with E-state index in [1.165, 1.54) is 47.7 Å². The van der Waals surface area contributed by atoms with Crippen molar-refractivity contribution < 1.29 is 9.18 Å². The van der Waals surface area contributed by atoms with Gasteiger partial charge in [0.15, 0.2) is 0 Å². The molecule has 1 unspecified atom stereocenters. The Balaban J connectivity index is 1.17. The lowest BCUT2D eigenvalue weighted by Crippen LogP contribution is -2.55. The maximum Gasteiger partial charge on any atom is 0.233 e. The maximum absolute atomic E-state index is 14.2. The number of amides is 1. The topological polar surface area (TPSA) is 44.2 Å². The van der Waals surface area contributed by atoms with Crippen LogP contribution in [0.15, 0.2) is 66.7 Å². The molecule has 3 aromatic rings. The zero-order valence-electron chi connectivity index (χ0n) is 21.8. The van der Waals surface area contributed by atoms with Gasteiger partial charge in [-0.05, 0) is 109 Å². The molecule has 0 saturated heterocycles. The van der Waals surface area contributed by atoms with Crippen molar-refractivity contribution in [2.24, 2.45) is 23.2 Å². The number of hydrogen-bond donors (Lipinski definition) is 1. The molecule has 0 spiro atoms. The normalized spacial score (nSPS) is 26.8. The minimum Gasteiger partial charge on any atom is -0.312 e. The van der Waals surface area contributed by atoms with E-state index < -0.39 is 0 Å². The van der Waals surface area contributed by atoms with Gasteiger partial charge in [-0.25, -0.2) is 4.39 Å². The summed E-state index contributed by atoms with van der Waals surface area (Å²) in [5.41, 5.74) is 2.40. The fraction of sp³-hybridized carbons (Fsp3) is 0.455. The Kier molecular flexibility index (Phi) is 6.38. The van der Waals surface area contributed by atoms with Crippen LogP contribution >= 0.6 is 0 Å². The lowest BCUT2D eigenvalue weighted by Gasteiger charge is -2.56. The van der Waals surface area contributed by atoms with Crippen LogP contribution in [0.5, 0.6) is 0 Å². The van der Waals surface area contributed by atoms with Gasteiger partial charge in [0, 0.05) is 24.4 Å². The van der Waals surface area contributed by atoms with Crippen molar-refractivity contribution in [2.75, 3.05) is 11.4 Å². The van der Waals surface area contributed by atoms with Crippen molar-refractivity contribution in [2.45, 2.75) is 64.2 Å². The third kappa shape index (κ3) is 4.83. The summed E-state index contributed by atoms with van der Waals surface area (Å²) in [6.45, 7) is 2.66. The van der Waals surface area contributed by atoms with Gasteiger partial charge in [0.1, 0.15) is 5.82 Å². The van der Waals surface area contributed by atoms with Crippen LogP contribution in [0.2, 0.25) is 0 Å². The quantitative estimate of drug-likeness (QED) is 0.314. The molecule has 37 heavy (non-hydrogen) atoms. The molecule has 0 heterocycles. The summed E-state index contributed by atoms with van der Waals surface area (Å²) in [4.78, 5) is 16.1. The van der Waals surface area contributed by atoms with Gasteiger partial charge in [0.2, 0.25) is 5.91 Å². The summed E-state index contributed by atoms with van der Waals surface area (Å²) in [7, 11) is 0. The number of carbonyl (C=O) groups is 1. The third-order valence-electron chi connectivity index (χ3n) is 9.41. The van der Waals surface area contributed by atoms with Crippen molar-refractivity contribution in [3.8, 4) is 0 Å². The smallest absolute Gasteiger partial charge is 0.233 e. The number of nitrogens with zero attached hydrogens (tertiary/aromatic N) is 1. The highest BCUT2D eigenvalue weighted by molar-refractivity contribution is 5.98. The van der Waals surface area contributed by atoms with Crippen molar-refractivity contribution in [1.82, 2.24) is 0 Å². The first kappa shape index (κ1) is 24.3. The number of rotatable bonds is 8. The van der Waals surface area contributed by atoms with E-state index in [0.717, 1.165) is 24.9 Å². The number of anilines is 1. The number of carbonyl (C=O) groups excluding carboxylic acids is 1. The van der Waals surface area contributed by atoms with Gasteiger partial charge in [0.25, 0.3) is 0 Å². The second kappa shape index (κ2) is 9.70. The molecule has 4 aliphatic carbocycles. The van der Waals surface area contributed by atoms with Gasteiger partial charge < -0.3 is 10.3 Å². The Morgan fingerprint density at radius 3 is 2.22 bits per heavy atom. The molecule has 0 aliphatic heterocycles. The minimum atomic E-state index is -0.289. The Hall–Kier alpha value is -3.01. The summed E-state index contributed by atoms with van der Waals surface area (Å²) in [5.74, 6) is 2.22. The van der Waals surface area contributed by atoms with E-state index in [2.05, 4.69) is 49.4 Å². The SMILES string of the molecule is CC(CC(=N)CCN(C(=O)C12CC3CC(CC(C3)C1)C2)c1ccc(F)cc1)c1ccc2ccccc2c1. The van der Waals surface area contributed by atoms with Crippen molar-refractivity contribution >= 4 is 28.1 Å². The van der Waals surface area contributed by atoms with Crippen LogP contribution in [0, 0.1) is 34.4 Å². The highest BCUT2D eigenvalue weighted by atomic mass is 19.1. The summed E-state index contributed by atoms with van der Waals surface area (Å²) in [6, 6.07) is 21.3. The number of fused-ring (bicyclic) bond motifs is 1. The summed E-state index contributed by atoms with van der Waals surface area (Å²) in [6.07, 6.45) is 8.10. The van der Waals surface area contributed by atoms with Crippen LogP contribution < -0.4 is 4.90 Å². The van der Waals surface area contributed by atoms with Crippen LogP contribution in [-0.2, 0) is 4.79 Å². The molecule has 4 heteroatoms. The molecule has 7 rings (SSSR count). The van der Waals surface area contributed by atoms with Gasteiger partial charge in [-0.1, -0.05) is 49.4 Å². The average molecular weight is 497 g/mol. The van der Waals surface area contributed by atoms with Crippen molar-refractivity contribution in [1.29, 1.82) is 5.41 Å². The number of hydrogen-bond acceptors (Lipinski definition) is 2. The number of halogens is 1. The fourth-order valence-electron chi connectivity index (χ4n) is 7.98. The zero-order chi connectivity index (χ0) is 25.6. The van der Waals surface area contributed by atoms with Gasteiger partial charge >= 0.3 is 0 Å². The molecule has 3 nitrogen and oxygen atoms in total. The van der Waals surface area contributed by atoms with Gasteiger partial charge in [-0.2, -0.15) is 0 Å². The molecule has 192 valence electrons. The van der Waals surface area contributed by atoms with E-state index in [9.17, 15) is 9.18 Å². The predicted molar refractivity (Wildman–Crippen MR) is 149 cm³/mol. The fourth-order valence-corrected chi connectivity index (χ4v) is 7.98. The molecule has 4 aliphatic rings. The second-order valence-electron chi connectivity index (χ2n) is 12.2. The number of benzene rings is 3. The molecule has 1 amide bonds. The summed E-state index contributed by atoms with van der Waals surface area (Å²) in [5, 5.41) is 11.2. The molecule has 4 fully saturated rings. The number of nitrogens with one attached hydrogen (secondary N) is 1. The van der Waals surface area contributed by atoms with E-state index in [1.54, 1.807) is 12.1 Å². The first-order chi connectivity index (χ1) is 17.9. The Bertz CT molecular complexity index is 1280. The highest BCUT2D eigenvalue weighted by Crippen LogP contribution is 2.60. The van der Waals surface area contributed by atoms with Crippen LogP contribution in [-0.4, -0.2) is 18.2 Å². The second-order valence-corrected chi connectivity index (χ2v) is 12.2. The lowest BCUT2D eigenvalue weighted by atomic mass is 9.49. The third-order valence-corrected chi connectivity index (χ3v) is 9.41. The van der Waals surface area contributed by atoms with Gasteiger partial charge in [-0.15, -0.1) is 0 Å². The molecule has 4 saturated carbocycles. The molecule has 1 atom stereocenters.